The number of nitrogens with one attached hydrogen (secondary N) is 1. The maximum absolute atomic E-state index is 12.6. The van der Waals surface area contributed by atoms with Crippen molar-refractivity contribution in [1.29, 1.82) is 0 Å². The van der Waals surface area contributed by atoms with Crippen LogP contribution in [0.5, 0.6) is 0 Å². The molecular weight excluding hydrogens is 253 g/mol. The molecule has 0 saturated heterocycles. The number of benzene rings is 1. The number of hydrogen-bond acceptors (Lipinski definition) is 1. The molecule has 0 spiro atoms. The van der Waals surface area contributed by atoms with E-state index in [0.717, 1.165) is 36.5 Å². The average Bonchev–Trinajstić information content (AvgIpc) is 2.77. The van der Waals surface area contributed by atoms with E-state index >= 15 is 0 Å². The Morgan fingerprint density at radius 3 is 2.63 bits per heavy atom. The summed E-state index contributed by atoms with van der Waals surface area (Å²) in [5.74, 6) is 0. The van der Waals surface area contributed by atoms with Gasteiger partial charge in [-0.1, -0.05) is 13.0 Å². The lowest BCUT2D eigenvalue weighted by molar-refractivity contribution is -0.137. The van der Waals surface area contributed by atoms with Crippen LogP contribution < -0.4 is 0 Å². The quantitative estimate of drug-likeness (QED) is 0.898. The zero-order chi connectivity index (χ0) is 14.0. The van der Waals surface area contributed by atoms with Crippen molar-refractivity contribution in [1.82, 2.24) is 9.88 Å². The van der Waals surface area contributed by atoms with E-state index < -0.39 is 11.7 Å². The van der Waals surface area contributed by atoms with Crippen LogP contribution in [0.25, 0.3) is 10.9 Å². The summed E-state index contributed by atoms with van der Waals surface area (Å²) >= 11 is 0. The SMILES string of the molecule is CCN(C)CCc1c[nH]c2cc(C(F)(F)F)ccc12. The molecule has 0 aliphatic heterocycles. The van der Waals surface area contributed by atoms with Crippen molar-refractivity contribution in [2.24, 2.45) is 0 Å². The molecule has 104 valence electrons. The van der Waals surface area contributed by atoms with Crippen LogP contribution in [0.4, 0.5) is 13.2 Å². The summed E-state index contributed by atoms with van der Waals surface area (Å²) in [6, 6.07) is 3.86. The number of aromatic amines is 1. The van der Waals surface area contributed by atoms with Crippen molar-refractivity contribution >= 4 is 10.9 Å². The van der Waals surface area contributed by atoms with Crippen LogP contribution >= 0.6 is 0 Å². The van der Waals surface area contributed by atoms with Crippen molar-refractivity contribution in [3.8, 4) is 0 Å². The molecule has 1 heterocycles. The first kappa shape index (κ1) is 13.9. The van der Waals surface area contributed by atoms with Gasteiger partial charge in [0.05, 0.1) is 5.56 Å². The molecule has 0 saturated carbocycles. The van der Waals surface area contributed by atoms with E-state index in [-0.39, 0.29) is 0 Å². The third-order valence-electron chi connectivity index (χ3n) is 3.40. The van der Waals surface area contributed by atoms with Gasteiger partial charge < -0.3 is 9.88 Å². The summed E-state index contributed by atoms with van der Waals surface area (Å²) in [6.07, 6.45) is -1.66. The minimum Gasteiger partial charge on any atom is -0.361 e. The Morgan fingerprint density at radius 1 is 1.26 bits per heavy atom. The van der Waals surface area contributed by atoms with Crippen LogP contribution in [0.15, 0.2) is 24.4 Å². The number of likely N-dealkylation sites (N-methyl/N-ethyl adjacent to an activating group) is 1. The fourth-order valence-electron chi connectivity index (χ4n) is 2.04. The molecule has 0 aliphatic carbocycles. The topological polar surface area (TPSA) is 19.0 Å². The van der Waals surface area contributed by atoms with Crippen LogP contribution in [0, 0.1) is 0 Å². The van der Waals surface area contributed by atoms with Gasteiger partial charge in [0.15, 0.2) is 0 Å². The Balaban J connectivity index is 2.24. The van der Waals surface area contributed by atoms with Gasteiger partial charge in [0.2, 0.25) is 0 Å². The molecule has 2 nitrogen and oxygen atoms in total. The van der Waals surface area contributed by atoms with E-state index in [9.17, 15) is 13.2 Å². The standard InChI is InChI=1S/C14H17F3N2/c1-3-19(2)7-6-10-9-18-13-8-11(14(15,16)17)4-5-12(10)13/h4-5,8-9,18H,3,6-7H2,1-2H3. The second kappa shape index (κ2) is 5.25. The lowest BCUT2D eigenvalue weighted by Crippen LogP contribution is -2.20. The molecule has 0 atom stereocenters. The third kappa shape index (κ3) is 3.10. The second-order valence-electron chi connectivity index (χ2n) is 4.72. The lowest BCUT2D eigenvalue weighted by atomic mass is 10.1. The highest BCUT2D eigenvalue weighted by Crippen LogP contribution is 2.32. The zero-order valence-corrected chi connectivity index (χ0v) is 11.0. The first-order valence-corrected chi connectivity index (χ1v) is 6.27. The van der Waals surface area contributed by atoms with Crippen molar-refractivity contribution in [2.45, 2.75) is 19.5 Å². The van der Waals surface area contributed by atoms with Crippen LogP contribution in [-0.2, 0) is 12.6 Å². The molecule has 2 aromatic rings. The zero-order valence-electron chi connectivity index (χ0n) is 11.0. The van der Waals surface area contributed by atoms with Gasteiger partial charge in [0.25, 0.3) is 0 Å². The normalized spacial score (nSPS) is 12.5. The molecule has 5 heteroatoms. The number of halogens is 3. The van der Waals surface area contributed by atoms with Gasteiger partial charge in [-0.15, -0.1) is 0 Å². The predicted molar refractivity (Wildman–Crippen MR) is 70.2 cm³/mol. The van der Waals surface area contributed by atoms with Gasteiger partial charge in [-0.3, -0.25) is 0 Å². The van der Waals surface area contributed by atoms with Crippen LogP contribution in [0.2, 0.25) is 0 Å². The Kier molecular flexibility index (Phi) is 3.85. The van der Waals surface area contributed by atoms with E-state index in [2.05, 4.69) is 16.8 Å². The molecule has 0 aliphatic rings. The molecule has 1 aromatic heterocycles. The molecule has 2 rings (SSSR count). The summed E-state index contributed by atoms with van der Waals surface area (Å²) in [5.41, 5.74) is 0.993. The first-order chi connectivity index (χ1) is 8.91. The summed E-state index contributed by atoms with van der Waals surface area (Å²) in [5, 5.41) is 0.873. The Hall–Kier alpha value is -1.49. The maximum Gasteiger partial charge on any atom is 0.416 e. The number of alkyl halides is 3. The van der Waals surface area contributed by atoms with E-state index in [0.29, 0.717) is 5.52 Å². The number of aromatic nitrogens is 1. The molecular formula is C14H17F3N2. The van der Waals surface area contributed by atoms with Crippen LogP contribution in [-0.4, -0.2) is 30.0 Å². The third-order valence-corrected chi connectivity index (χ3v) is 3.40. The molecule has 0 amide bonds. The van der Waals surface area contributed by atoms with Gasteiger partial charge in [0.1, 0.15) is 0 Å². The molecule has 0 radical (unpaired) electrons. The number of rotatable bonds is 4. The minimum absolute atomic E-state index is 0.545. The van der Waals surface area contributed by atoms with E-state index in [1.807, 2.05) is 7.05 Å². The van der Waals surface area contributed by atoms with Gasteiger partial charge >= 0.3 is 6.18 Å². The van der Waals surface area contributed by atoms with Crippen LogP contribution in [0.3, 0.4) is 0 Å². The molecule has 19 heavy (non-hydrogen) atoms. The van der Waals surface area contributed by atoms with Gasteiger partial charge in [-0.25, -0.2) is 0 Å². The fraction of sp³-hybridized carbons (Fsp3) is 0.429. The van der Waals surface area contributed by atoms with Gasteiger partial charge in [-0.2, -0.15) is 13.2 Å². The Morgan fingerprint density at radius 2 is 2.00 bits per heavy atom. The average molecular weight is 270 g/mol. The van der Waals surface area contributed by atoms with Crippen molar-refractivity contribution in [3.63, 3.8) is 0 Å². The molecule has 1 N–H and O–H groups in total. The van der Waals surface area contributed by atoms with Crippen LogP contribution in [0.1, 0.15) is 18.1 Å². The van der Waals surface area contributed by atoms with Gasteiger partial charge in [0, 0.05) is 23.6 Å². The smallest absolute Gasteiger partial charge is 0.361 e. The summed E-state index contributed by atoms with van der Waals surface area (Å²) in [4.78, 5) is 5.09. The summed E-state index contributed by atoms with van der Waals surface area (Å²) in [6.45, 7) is 3.93. The Labute approximate surface area is 110 Å². The fourth-order valence-corrected chi connectivity index (χ4v) is 2.04. The van der Waals surface area contributed by atoms with E-state index in [1.54, 1.807) is 12.3 Å². The van der Waals surface area contributed by atoms with Gasteiger partial charge in [-0.05, 0) is 37.7 Å². The summed E-state index contributed by atoms with van der Waals surface area (Å²) in [7, 11) is 2.02. The lowest BCUT2D eigenvalue weighted by Gasteiger charge is -2.12. The van der Waals surface area contributed by atoms with Crippen molar-refractivity contribution in [2.75, 3.05) is 20.1 Å². The molecule has 0 fully saturated rings. The number of fused-ring (bicyclic) bond motifs is 1. The highest BCUT2D eigenvalue weighted by atomic mass is 19.4. The number of nitrogens with zero attached hydrogens (tertiary/aromatic N) is 1. The van der Waals surface area contributed by atoms with E-state index in [1.165, 1.54) is 6.07 Å². The number of hydrogen-bond donors (Lipinski definition) is 1. The maximum atomic E-state index is 12.6. The van der Waals surface area contributed by atoms with Crippen molar-refractivity contribution in [3.05, 3.63) is 35.5 Å². The molecule has 0 bridgehead atoms. The largest absolute Gasteiger partial charge is 0.416 e. The van der Waals surface area contributed by atoms with E-state index in [4.69, 9.17) is 0 Å². The number of H-pyrrole nitrogens is 1. The predicted octanol–water partition coefficient (Wildman–Crippen LogP) is 3.68. The highest BCUT2D eigenvalue weighted by molar-refractivity contribution is 5.84. The Bertz CT molecular complexity index is 557. The monoisotopic (exact) mass is 270 g/mol. The van der Waals surface area contributed by atoms with Crippen molar-refractivity contribution < 1.29 is 13.2 Å². The second-order valence-corrected chi connectivity index (χ2v) is 4.72. The minimum atomic E-state index is -4.29. The first-order valence-electron chi connectivity index (χ1n) is 6.27. The molecule has 1 aromatic carbocycles. The summed E-state index contributed by atoms with van der Waals surface area (Å²) < 4.78 is 37.8. The molecule has 0 unspecified atom stereocenters. The highest BCUT2D eigenvalue weighted by Gasteiger charge is 2.30.